The van der Waals surface area contributed by atoms with Gasteiger partial charge in [0, 0.05) is 19.7 Å². The van der Waals surface area contributed by atoms with Crippen LogP contribution in [-0.4, -0.2) is 31.7 Å². The van der Waals surface area contributed by atoms with E-state index in [9.17, 15) is 9.18 Å². The zero-order chi connectivity index (χ0) is 17.4. The van der Waals surface area contributed by atoms with E-state index in [0.717, 1.165) is 12.0 Å². The maximum atomic E-state index is 13.1. The third-order valence-corrected chi connectivity index (χ3v) is 4.83. The highest BCUT2D eigenvalue weighted by molar-refractivity contribution is 5.81. The van der Waals surface area contributed by atoms with Crippen molar-refractivity contribution in [3.63, 3.8) is 0 Å². The van der Waals surface area contributed by atoms with Gasteiger partial charge in [-0.05, 0) is 36.5 Å². The molecule has 1 saturated carbocycles. The van der Waals surface area contributed by atoms with E-state index in [4.69, 9.17) is 10.5 Å². The van der Waals surface area contributed by atoms with Crippen molar-refractivity contribution in [3.8, 4) is 0 Å². The molecular weight excluding hydrogens is 307 g/mol. The van der Waals surface area contributed by atoms with Crippen LogP contribution in [0.15, 0.2) is 24.3 Å². The van der Waals surface area contributed by atoms with Crippen molar-refractivity contribution in [2.75, 3.05) is 13.7 Å². The van der Waals surface area contributed by atoms with Gasteiger partial charge in [-0.15, -0.1) is 0 Å². The highest BCUT2D eigenvalue weighted by Crippen LogP contribution is 2.27. The monoisotopic (exact) mass is 336 g/mol. The second-order valence-corrected chi connectivity index (χ2v) is 6.73. The number of ether oxygens (including phenoxy) is 1. The van der Waals surface area contributed by atoms with Gasteiger partial charge in [0.25, 0.3) is 5.91 Å². The number of nitrogens with one attached hydrogen (secondary N) is 1. The van der Waals surface area contributed by atoms with Crippen molar-refractivity contribution >= 4 is 5.91 Å². The summed E-state index contributed by atoms with van der Waals surface area (Å²) in [5, 5.41) is 2.85. The largest absolute Gasteiger partial charge is 0.370 e. The molecule has 1 aromatic carbocycles. The highest BCUT2D eigenvalue weighted by Gasteiger charge is 2.28. The lowest BCUT2D eigenvalue weighted by Crippen LogP contribution is -2.48. The van der Waals surface area contributed by atoms with Crippen LogP contribution in [-0.2, 0) is 16.0 Å². The molecule has 1 unspecified atom stereocenters. The molecule has 0 heterocycles. The van der Waals surface area contributed by atoms with Gasteiger partial charge in [0.15, 0.2) is 6.10 Å². The normalized spacial score (nSPS) is 18.1. The van der Waals surface area contributed by atoms with Gasteiger partial charge in [-0.3, -0.25) is 4.79 Å². The number of hydrogen-bond donors (Lipinski definition) is 2. The first-order valence-electron chi connectivity index (χ1n) is 8.90. The number of methoxy groups -OCH3 is 1. The maximum absolute atomic E-state index is 13.1. The fourth-order valence-corrected chi connectivity index (χ4v) is 3.53. The van der Waals surface area contributed by atoms with E-state index in [1.807, 2.05) is 6.07 Å². The summed E-state index contributed by atoms with van der Waals surface area (Å²) in [6.45, 7) is 0.443. The number of rotatable bonds is 8. The van der Waals surface area contributed by atoms with Gasteiger partial charge in [-0.1, -0.05) is 44.2 Å². The number of halogens is 1. The van der Waals surface area contributed by atoms with Crippen molar-refractivity contribution in [2.45, 2.75) is 57.1 Å². The van der Waals surface area contributed by atoms with Gasteiger partial charge in [0.05, 0.1) is 0 Å². The fourth-order valence-electron chi connectivity index (χ4n) is 3.53. The molecule has 4 nitrogen and oxygen atoms in total. The summed E-state index contributed by atoms with van der Waals surface area (Å²) in [5.74, 6) is 0.159. The van der Waals surface area contributed by atoms with Crippen LogP contribution in [0.25, 0.3) is 0 Å². The summed E-state index contributed by atoms with van der Waals surface area (Å²) in [6, 6.07) is 6.12. The minimum absolute atomic E-state index is 0.183. The third-order valence-electron chi connectivity index (χ3n) is 4.83. The molecule has 2 rings (SSSR count). The lowest BCUT2D eigenvalue weighted by atomic mass is 9.84. The molecule has 0 radical (unpaired) electrons. The van der Waals surface area contributed by atoms with E-state index >= 15 is 0 Å². The number of hydrogen-bond acceptors (Lipinski definition) is 3. The van der Waals surface area contributed by atoms with Crippen LogP contribution >= 0.6 is 0 Å². The molecule has 1 aliphatic carbocycles. The van der Waals surface area contributed by atoms with Crippen LogP contribution in [0, 0.1) is 11.7 Å². The number of benzene rings is 1. The van der Waals surface area contributed by atoms with E-state index in [-0.39, 0.29) is 17.8 Å². The van der Waals surface area contributed by atoms with Gasteiger partial charge < -0.3 is 15.8 Å². The summed E-state index contributed by atoms with van der Waals surface area (Å²) in [6.07, 6.45) is 7.01. The van der Waals surface area contributed by atoms with E-state index in [1.165, 1.54) is 51.3 Å². The van der Waals surface area contributed by atoms with Crippen LogP contribution in [0.5, 0.6) is 0 Å². The van der Waals surface area contributed by atoms with E-state index < -0.39 is 6.10 Å². The molecule has 134 valence electrons. The predicted octanol–water partition coefficient (Wildman–Crippen LogP) is 2.80. The molecule has 0 aliphatic heterocycles. The standard InChI is InChI=1S/C19H29FN2O2/c1-24-18(17(21)13-14-6-3-2-4-7-14)19(23)22-11-10-15-8-5-9-16(20)12-15/h5,8-9,12,14,17-18H,2-4,6-7,10-11,13,21H2,1H3,(H,22,23)/t17-,18?/m1/s1. The van der Waals surface area contributed by atoms with Gasteiger partial charge in [-0.2, -0.15) is 0 Å². The Morgan fingerprint density at radius 2 is 2.12 bits per heavy atom. The Bertz CT molecular complexity index is 518. The summed E-state index contributed by atoms with van der Waals surface area (Å²) >= 11 is 0. The van der Waals surface area contributed by atoms with Crippen molar-refractivity contribution < 1.29 is 13.9 Å². The topological polar surface area (TPSA) is 64.3 Å². The summed E-state index contributed by atoms with van der Waals surface area (Å²) < 4.78 is 18.5. The molecule has 0 aromatic heterocycles. The van der Waals surface area contributed by atoms with E-state index in [0.29, 0.717) is 18.9 Å². The number of carbonyl (C=O) groups is 1. The Hall–Kier alpha value is -1.46. The maximum Gasteiger partial charge on any atom is 0.250 e. The fraction of sp³-hybridized carbons (Fsp3) is 0.632. The SMILES string of the molecule is COC(C(=O)NCCc1cccc(F)c1)[C@H](N)CC1CCCCC1. The molecule has 24 heavy (non-hydrogen) atoms. The Labute approximate surface area is 144 Å². The number of carbonyl (C=O) groups excluding carboxylic acids is 1. The van der Waals surface area contributed by atoms with Crippen LogP contribution < -0.4 is 11.1 Å². The van der Waals surface area contributed by atoms with Crippen molar-refractivity contribution in [3.05, 3.63) is 35.6 Å². The number of nitrogens with two attached hydrogens (primary N) is 1. The average molecular weight is 336 g/mol. The number of amides is 1. The summed E-state index contributed by atoms with van der Waals surface area (Å²) in [5.41, 5.74) is 7.08. The Balaban J connectivity index is 1.77. The van der Waals surface area contributed by atoms with Gasteiger partial charge >= 0.3 is 0 Å². The van der Waals surface area contributed by atoms with Crippen molar-refractivity contribution in [2.24, 2.45) is 11.7 Å². The smallest absolute Gasteiger partial charge is 0.250 e. The lowest BCUT2D eigenvalue weighted by Gasteiger charge is -2.28. The summed E-state index contributed by atoms with van der Waals surface area (Å²) in [4.78, 5) is 12.3. The molecule has 1 aromatic rings. The molecule has 0 spiro atoms. The molecule has 3 N–H and O–H groups in total. The van der Waals surface area contributed by atoms with Crippen LogP contribution in [0.1, 0.15) is 44.1 Å². The van der Waals surface area contributed by atoms with Crippen LogP contribution in [0.2, 0.25) is 0 Å². The van der Waals surface area contributed by atoms with E-state index in [2.05, 4.69) is 5.32 Å². The first kappa shape index (κ1) is 18.9. The molecule has 1 aliphatic rings. The first-order chi connectivity index (χ1) is 11.6. The quantitative estimate of drug-likeness (QED) is 0.767. The van der Waals surface area contributed by atoms with E-state index in [1.54, 1.807) is 6.07 Å². The average Bonchev–Trinajstić information content (AvgIpc) is 2.56. The van der Waals surface area contributed by atoms with Gasteiger partial charge in [0.2, 0.25) is 0 Å². The Kier molecular flexibility index (Phi) is 7.66. The van der Waals surface area contributed by atoms with Gasteiger partial charge in [-0.25, -0.2) is 4.39 Å². The van der Waals surface area contributed by atoms with Crippen molar-refractivity contribution in [1.82, 2.24) is 5.32 Å². The summed E-state index contributed by atoms with van der Waals surface area (Å²) in [7, 11) is 1.53. The predicted molar refractivity (Wildman–Crippen MR) is 93.1 cm³/mol. The molecule has 1 amide bonds. The molecule has 2 atom stereocenters. The molecule has 1 fully saturated rings. The zero-order valence-corrected chi connectivity index (χ0v) is 14.5. The van der Waals surface area contributed by atoms with Gasteiger partial charge in [0.1, 0.15) is 5.82 Å². The zero-order valence-electron chi connectivity index (χ0n) is 14.5. The van der Waals surface area contributed by atoms with Crippen LogP contribution in [0.3, 0.4) is 0 Å². The lowest BCUT2D eigenvalue weighted by molar-refractivity contribution is -0.132. The highest BCUT2D eigenvalue weighted by atomic mass is 19.1. The van der Waals surface area contributed by atoms with Crippen LogP contribution in [0.4, 0.5) is 4.39 Å². The minimum Gasteiger partial charge on any atom is -0.370 e. The molecular formula is C19H29FN2O2. The minimum atomic E-state index is -0.626. The Morgan fingerprint density at radius 3 is 2.79 bits per heavy atom. The second kappa shape index (κ2) is 9.74. The molecule has 0 bridgehead atoms. The third kappa shape index (κ3) is 5.87. The van der Waals surface area contributed by atoms with Crippen molar-refractivity contribution in [1.29, 1.82) is 0 Å². The molecule has 0 saturated heterocycles. The first-order valence-corrected chi connectivity index (χ1v) is 8.90. The second-order valence-electron chi connectivity index (χ2n) is 6.73. The Morgan fingerprint density at radius 1 is 1.38 bits per heavy atom. The molecule has 5 heteroatoms.